The molecule has 4 heteroatoms. The average Bonchev–Trinajstić information content (AvgIpc) is 2.26. The van der Waals surface area contributed by atoms with Crippen molar-refractivity contribution in [2.75, 3.05) is 31.7 Å². The zero-order chi connectivity index (χ0) is 11.1. The Morgan fingerprint density at radius 3 is 2.93 bits per heavy atom. The predicted molar refractivity (Wildman–Crippen MR) is 65.3 cm³/mol. The number of aliphatic hydroxyl groups is 2. The molecule has 1 rings (SSSR count). The van der Waals surface area contributed by atoms with Crippen molar-refractivity contribution in [1.82, 2.24) is 4.90 Å². The van der Waals surface area contributed by atoms with Gasteiger partial charge >= 0.3 is 0 Å². The van der Waals surface area contributed by atoms with Gasteiger partial charge in [0.1, 0.15) is 0 Å². The van der Waals surface area contributed by atoms with Crippen LogP contribution in [0.3, 0.4) is 0 Å². The molecule has 2 atom stereocenters. The second-order valence-corrected chi connectivity index (χ2v) is 5.48. The lowest BCUT2D eigenvalue weighted by Gasteiger charge is -2.32. The maximum absolute atomic E-state index is 9.17. The Morgan fingerprint density at radius 1 is 1.47 bits per heavy atom. The SMILES string of the molecule is CN1CCCCC1CCSCC(O)CO. The molecule has 0 aliphatic carbocycles. The Morgan fingerprint density at radius 2 is 2.27 bits per heavy atom. The Balaban J connectivity index is 2.03. The topological polar surface area (TPSA) is 43.7 Å². The lowest BCUT2D eigenvalue weighted by atomic mass is 10.0. The average molecular weight is 233 g/mol. The van der Waals surface area contributed by atoms with Crippen LogP contribution in [0, 0.1) is 0 Å². The van der Waals surface area contributed by atoms with Crippen LogP contribution in [-0.4, -0.2) is 59.0 Å². The summed E-state index contributed by atoms with van der Waals surface area (Å²) in [5.74, 6) is 1.75. The van der Waals surface area contributed by atoms with Gasteiger partial charge in [0, 0.05) is 11.8 Å². The van der Waals surface area contributed by atoms with Gasteiger partial charge in [0.05, 0.1) is 12.7 Å². The number of nitrogens with zero attached hydrogens (tertiary/aromatic N) is 1. The zero-order valence-corrected chi connectivity index (χ0v) is 10.4. The Hall–Kier alpha value is 0.230. The zero-order valence-electron chi connectivity index (χ0n) is 9.56. The first-order valence-corrected chi connectivity index (χ1v) is 6.96. The fourth-order valence-corrected chi connectivity index (χ4v) is 2.98. The molecule has 0 amide bonds. The number of thioether (sulfide) groups is 1. The van der Waals surface area contributed by atoms with E-state index in [4.69, 9.17) is 10.2 Å². The van der Waals surface area contributed by atoms with Crippen molar-refractivity contribution < 1.29 is 10.2 Å². The van der Waals surface area contributed by atoms with Crippen LogP contribution in [0.2, 0.25) is 0 Å². The van der Waals surface area contributed by atoms with Gasteiger partial charge in [-0.2, -0.15) is 11.8 Å². The van der Waals surface area contributed by atoms with Crippen LogP contribution in [-0.2, 0) is 0 Å². The summed E-state index contributed by atoms with van der Waals surface area (Å²) in [7, 11) is 2.21. The molecular weight excluding hydrogens is 210 g/mol. The van der Waals surface area contributed by atoms with Crippen molar-refractivity contribution in [3.63, 3.8) is 0 Å². The van der Waals surface area contributed by atoms with Crippen molar-refractivity contribution in [2.24, 2.45) is 0 Å². The largest absolute Gasteiger partial charge is 0.394 e. The summed E-state index contributed by atoms with van der Waals surface area (Å²) in [5, 5.41) is 17.8. The molecule has 0 aromatic heterocycles. The summed E-state index contributed by atoms with van der Waals surface area (Å²) >= 11 is 1.74. The first-order valence-electron chi connectivity index (χ1n) is 5.81. The molecule has 1 aliphatic heterocycles. The van der Waals surface area contributed by atoms with E-state index in [0.717, 1.165) is 11.8 Å². The Bertz CT molecular complexity index is 169. The maximum Gasteiger partial charge on any atom is 0.0861 e. The number of hydrogen-bond donors (Lipinski definition) is 2. The molecule has 90 valence electrons. The van der Waals surface area contributed by atoms with E-state index in [1.54, 1.807) is 11.8 Å². The molecule has 2 unspecified atom stereocenters. The van der Waals surface area contributed by atoms with Gasteiger partial charge in [0.15, 0.2) is 0 Å². The first-order chi connectivity index (χ1) is 7.24. The fourth-order valence-electron chi connectivity index (χ4n) is 2.00. The van der Waals surface area contributed by atoms with Crippen molar-refractivity contribution >= 4 is 11.8 Å². The van der Waals surface area contributed by atoms with Gasteiger partial charge in [-0.3, -0.25) is 0 Å². The van der Waals surface area contributed by atoms with E-state index in [1.807, 2.05) is 0 Å². The number of piperidine rings is 1. The summed E-state index contributed by atoms with van der Waals surface area (Å²) in [6.45, 7) is 1.12. The van der Waals surface area contributed by atoms with Crippen LogP contribution in [0.5, 0.6) is 0 Å². The van der Waals surface area contributed by atoms with Crippen molar-refractivity contribution in [1.29, 1.82) is 0 Å². The molecule has 2 N–H and O–H groups in total. The molecule has 0 spiro atoms. The lowest BCUT2D eigenvalue weighted by molar-refractivity contribution is 0.113. The van der Waals surface area contributed by atoms with Crippen molar-refractivity contribution in [3.8, 4) is 0 Å². The molecule has 0 radical (unpaired) electrons. The molecule has 15 heavy (non-hydrogen) atoms. The van der Waals surface area contributed by atoms with E-state index >= 15 is 0 Å². The van der Waals surface area contributed by atoms with Crippen molar-refractivity contribution in [3.05, 3.63) is 0 Å². The molecule has 1 heterocycles. The van der Waals surface area contributed by atoms with Gasteiger partial charge in [-0.25, -0.2) is 0 Å². The Kier molecular flexibility index (Phi) is 6.64. The highest BCUT2D eigenvalue weighted by molar-refractivity contribution is 7.99. The van der Waals surface area contributed by atoms with E-state index in [0.29, 0.717) is 5.75 Å². The molecule has 0 aromatic rings. The van der Waals surface area contributed by atoms with Gasteiger partial charge in [0.2, 0.25) is 0 Å². The van der Waals surface area contributed by atoms with E-state index in [9.17, 15) is 0 Å². The number of hydrogen-bond acceptors (Lipinski definition) is 4. The van der Waals surface area contributed by atoms with Crippen molar-refractivity contribution in [2.45, 2.75) is 37.8 Å². The summed E-state index contributed by atoms with van der Waals surface area (Å²) in [5.41, 5.74) is 0. The van der Waals surface area contributed by atoms with Gasteiger partial charge in [-0.05, 0) is 38.6 Å². The number of likely N-dealkylation sites (tertiary alicyclic amines) is 1. The van der Waals surface area contributed by atoms with E-state index in [-0.39, 0.29) is 6.61 Å². The van der Waals surface area contributed by atoms with Crippen LogP contribution >= 0.6 is 11.8 Å². The quantitative estimate of drug-likeness (QED) is 0.670. The number of rotatable bonds is 6. The summed E-state index contributed by atoms with van der Waals surface area (Å²) in [6.07, 6.45) is 4.68. The van der Waals surface area contributed by atoms with Gasteiger partial charge < -0.3 is 15.1 Å². The summed E-state index contributed by atoms with van der Waals surface area (Å²) in [6, 6.07) is 0.734. The van der Waals surface area contributed by atoms with E-state index in [1.165, 1.54) is 32.2 Å². The molecule has 0 saturated carbocycles. The van der Waals surface area contributed by atoms with Crippen LogP contribution < -0.4 is 0 Å². The van der Waals surface area contributed by atoms with Gasteiger partial charge in [-0.1, -0.05) is 6.42 Å². The van der Waals surface area contributed by atoms with Crippen LogP contribution in [0.4, 0.5) is 0 Å². The smallest absolute Gasteiger partial charge is 0.0861 e. The minimum absolute atomic E-state index is 0.115. The summed E-state index contributed by atoms with van der Waals surface area (Å²) < 4.78 is 0. The fraction of sp³-hybridized carbons (Fsp3) is 1.00. The molecule has 0 aromatic carbocycles. The molecular formula is C11H23NO2S. The van der Waals surface area contributed by atoms with E-state index < -0.39 is 6.10 Å². The molecule has 1 saturated heterocycles. The Labute approximate surface area is 96.9 Å². The third-order valence-corrected chi connectivity index (χ3v) is 4.18. The number of aliphatic hydroxyl groups excluding tert-OH is 2. The predicted octanol–water partition coefficient (Wildman–Crippen LogP) is 0.947. The lowest BCUT2D eigenvalue weighted by Crippen LogP contribution is -2.36. The maximum atomic E-state index is 9.17. The highest BCUT2D eigenvalue weighted by atomic mass is 32.2. The highest BCUT2D eigenvalue weighted by Gasteiger charge is 2.18. The normalized spacial score (nSPS) is 25.4. The van der Waals surface area contributed by atoms with E-state index in [2.05, 4.69) is 11.9 Å². The third kappa shape index (κ3) is 5.20. The molecule has 1 fully saturated rings. The van der Waals surface area contributed by atoms with Crippen LogP contribution in [0.1, 0.15) is 25.7 Å². The summed E-state index contributed by atoms with van der Waals surface area (Å²) in [4.78, 5) is 2.45. The molecule has 3 nitrogen and oxygen atoms in total. The second kappa shape index (κ2) is 7.49. The van der Waals surface area contributed by atoms with Crippen LogP contribution in [0.25, 0.3) is 0 Å². The minimum Gasteiger partial charge on any atom is -0.394 e. The third-order valence-electron chi connectivity index (χ3n) is 3.04. The molecule has 1 aliphatic rings. The monoisotopic (exact) mass is 233 g/mol. The van der Waals surface area contributed by atoms with Gasteiger partial charge in [0.25, 0.3) is 0 Å². The minimum atomic E-state index is -0.543. The molecule has 0 bridgehead atoms. The second-order valence-electron chi connectivity index (χ2n) is 4.33. The first kappa shape index (κ1) is 13.3. The standard InChI is InChI=1S/C11H23NO2S/c1-12-6-3-2-4-10(12)5-7-15-9-11(14)8-13/h10-11,13-14H,2-9H2,1H3. The van der Waals surface area contributed by atoms with Gasteiger partial charge in [-0.15, -0.1) is 0 Å². The van der Waals surface area contributed by atoms with Crippen LogP contribution in [0.15, 0.2) is 0 Å². The highest BCUT2D eigenvalue weighted by Crippen LogP contribution is 2.19.